The van der Waals surface area contributed by atoms with Crippen molar-refractivity contribution < 1.29 is 4.79 Å². The summed E-state index contributed by atoms with van der Waals surface area (Å²) < 4.78 is 2.01. The summed E-state index contributed by atoms with van der Waals surface area (Å²) in [7, 11) is 0. The molecule has 2 fully saturated rings. The molecule has 0 saturated heterocycles. The molecule has 166 valence electrons. The van der Waals surface area contributed by atoms with Crippen LogP contribution < -0.4 is 10.2 Å². The van der Waals surface area contributed by atoms with Crippen LogP contribution in [0.2, 0.25) is 0 Å². The monoisotopic (exact) mass is 430 g/mol. The van der Waals surface area contributed by atoms with Gasteiger partial charge in [0, 0.05) is 43.3 Å². The van der Waals surface area contributed by atoms with Crippen LogP contribution in [-0.4, -0.2) is 38.0 Å². The van der Waals surface area contributed by atoms with Gasteiger partial charge in [0.05, 0.1) is 6.33 Å². The Morgan fingerprint density at radius 2 is 1.88 bits per heavy atom. The minimum atomic E-state index is -0.203. The van der Waals surface area contributed by atoms with Crippen LogP contribution in [0.3, 0.4) is 0 Å². The number of nitrogens with zero attached hydrogens (tertiary/aromatic N) is 5. The predicted molar refractivity (Wildman–Crippen MR) is 125 cm³/mol. The molecule has 0 atom stereocenters. The highest BCUT2D eigenvalue weighted by atomic mass is 16.1. The summed E-state index contributed by atoms with van der Waals surface area (Å²) in [4.78, 5) is 28.2. The normalized spacial score (nSPS) is 16.6. The number of nitrogens with one attached hydrogen (secondary N) is 1. The Balaban J connectivity index is 1.27. The molecule has 0 aliphatic heterocycles. The molecule has 1 amide bonds. The van der Waals surface area contributed by atoms with E-state index in [1.165, 1.54) is 51.3 Å². The highest BCUT2D eigenvalue weighted by Gasteiger charge is 2.30. The van der Waals surface area contributed by atoms with Crippen LogP contribution in [0.25, 0.3) is 0 Å². The summed E-state index contributed by atoms with van der Waals surface area (Å²) >= 11 is 0. The predicted octanol–water partition coefficient (Wildman–Crippen LogP) is 4.52. The van der Waals surface area contributed by atoms with E-state index in [-0.39, 0.29) is 5.91 Å². The van der Waals surface area contributed by atoms with Crippen LogP contribution >= 0.6 is 0 Å². The molecule has 2 aromatic heterocycles. The topological polar surface area (TPSA) is 75.9 Å². The molecule has 0 unspecified atom stereocenters. The van der Waals surface area contributed by atoms with Crippen LogP contribution in [-0.2, 0) is 6.54 Å². The molecule has 0 bridgehead atoms. The first-order valence-corrected chi connectivity index (χ1v) is 11.7. The van der Waals surface area contributed by atoms with Gasteiger partial charge < -0.3 is 14.8 Å². The second-order valence-electron chi connectivity index (χ2n) is 9.04. The second-order valence-corrected chi connectivity index (χ2v) is 9.04. The summed E-state index contributed by atoms with van der Waals surface area (Å²) in [5, 5.41) is 2.98. The highest BCUT2D eigenvalue weighted by molar-refractivity contribution is 6.03. The Labute approximate surface area is 188 Å². The number of imidazole rings is 1. The van der Waals surface area contributed by atoms with Crippen molar-refractivity contribution in [1.29, 1.82) is 0 Å². The van der Waals surface area contributed by atoms with Gasteiger partial charge in [-0.3, -0.25) is 4.79 Å². The Bertz CT molecular complexity index is 1020. The van der Waals surface area contributed by atoms with Gasteiger partial charge in [-0.25, -0.2) is 15.0 Å². The molecule has 0 spiro atoms. The molecular formula is C25H30N6O. The smallest absolute Gasteiger partial charge is 0.274 e. The lowest BCUT2D eigenvalue weighted by Gasteiger charge is -2.35. The molecule has 5 rings (SSSR count). The Hall–Kier alpha value is -3.22. The molecule has 7 heteroatoms. The Morgan fingerprint density at radius 3 is 2.59 bits per heavy atom. The molecule has 2 aliphatic carbocycles. The van der Waals surface area contributed by atoms with Gasteiger partial charge in [0.25, 0.3) is 5.91 Å². The van der Waals surface area contributed by atoms with Gasteiger partial charge in [-0.05, 0) is 49.3 Å². The van der Waals surface area contributed by atoms with Gasteiger partial charge in [-0.15, -0.1) is 0 Å². The first kappa shape index (κ1) is 20.7. The van der Waals surface area contributed by atoms with Gasteiger partial charge in [0.1, 0.15) is 17.8 Å². The number of anilines is 2. The zero-order chi connectivity index (χ0) is 21.8. The number of carbonyl (C=O) groups excluding carboxylic acids is 1. The quantitative estimate of drug-likeness (QED) is 0.568. The maximum absolute atomic E-state index is 12.9. The molecular weight excluding hydrogens is 400 g/mol. The average molecular weight is 431 g/mol. The van der Waals surface area contributed by atoms with Crippen molar-refractivity contribution in [1.82, 2.24) is 19.5 Å². The van der Waals surface area contributed by atoms with E-state index in [4.69, 9.17) is 0 Å². The van der Waals surface area contributed by atoms with Crippen molar-refractivity contribution >= 4 is 17.4 Å². The number of rotatable bonds is 8. The van der Waals surface area contributed by atoms with Crippen LogP contribution in [0.15, 0.2) is 55.4 Å². The maximum Gasteiger partial charge on any atom is 0.274 e. The number of carbonyl (C=O) groups is 1. The number of hydrogen-bond donors (Lipinski definition) is 1. The van der Waals surface area contributed by atoms with Crippen LogP contribution in [0, 0.1) is 5.92 Å². The van der Waals surface area contributed by atoms with Crippen molar-refractivity contribution in [3.05, 3.63) is 66.6 Å². The molecule has 1 aromatic carbocycles. The second kappa shape index (κ2) is 9.51. The van der Waals surface area contributed by atoms with Crippen LogP contribution in [0.5, 0.6) is 0 Å². The van der Waals surface area contributed by atoms with Crippen LogP contribution in [0.1, 0.15) is 61.0 Å². The van der Waals surface area contributed by atoms with Gasteiger partial charge in [0.15, 0.2) is 0 Å². The standard InChI is InChI=1S/C25H30N6O/c32-25(29-21-10-8-19(9-11-21)15-30-13-12-26-18-30)23-14-24(28-17-27-23)31(16-20-6-7-20)22-4-2-1-3-5-22/h8-14,17-18,20,22H,1-7,15-16H2,(H,29,32). The fourth-order valence-corrected chi connectivity index (χ4v) is 4.51. The summed E-state index contributed by atoms with van der Waals surface area (Å²) in [6, 6.07) is 10.3. The molecule has 32 heavy (non-hydrogen) atoms. The summed E-state index contributed by atoms with van der Waals surface area (Å²) in [6.07, 6.45) is 15.9. The third kappa shape index (κ3) is 5.15. The average Bonchev–Trinajstić information content (AvgIpc) is 3.52. The minimum absolute atomic E-state index is 0.203. The number of aromatic nitrogens is 4. The largest absolute Gasteiger partial charge is 0.353 e. The van der Waals surface area contributed by atoms with Crippen molar-refractivity contribution in [3.63, 3.8) is 0 Å². The summed E-state index contributed by atoms with van der Waals surface area (Å²) in [5.74, 6) is 1.45. The summed E-state index contributed by atoms with van der Waals surface area (Å²) in [5.41, 5.74) is 2.31. The first-order chi connectivity index (χ1) is 15.7. The van der Waals surface area contributed by atoms with E-state index in [1.807, 2.05) is 41.1 Å². The first-order valence-electron chi connectivity index (χ1n) is 11.7. The van der Waals surface area contributed by atoms with E-state index < -0.39 is 0 Å². The van der Waals surface area contributed by atoms with Gasteiger partial charge in [-0.2, -0.15) is 0 Å². The molecule has 1 N–H and O–H groups in total. The lowest BCUT2D eigenvalue weighted by molar-refractivity contribution is 0.102. The summed E-state index contributed by atoms with van der Waals surface area (Å²) in [6.45, 7) is 1.79. The zero-order valence-electron chi connectivity index (χ0n) is 18.4. The third-order valence-corrected chi connectivity index (χ3v) is 6.48. The third-order valence-electron chi connectivity index (χ3n) is 6.48. The van der Waals surface area contributed by atoms with Gasteiger partial charge in [-0.1, -0.05) is 31.4 Å². The van der Waals surface area contributed by atoms with Crippen LogP contribution in [0.4, 0.5) is 11.5 Å². The highest BCUT2D eigenvalue weighted by Crippen LogP contribution is 2.34. The van der Waals surface area contributed by atoms with E-state index in [0.29, 0.717) is 11.7 Å². The fraction of sp³-hybridized carbons (Fsp3) is 0.440. The van der Waals surface area contributed by atoms with E-state index in [1.54, 1.807) is 12.5 Å². The minimum Gasteiger partial charge on any atom is -0.353 e. The molecule has 2 aliphatic rings. The van der Waals surface area contributed by atoms with Crippen molar-refractivity contribution in [2.24, 2.45) is 5.92 Å². The van der Waals surface area contributed by atoms with E-state index >= 15 is 0 Å². The lowest BCUT2D eigenvalue weighted by atomic mass is 9.94. The van der Waals surface area contributed by atoms with Gasteiger partial charge >= 0.3 is 0 Å². The van der Waals surface area contributed by atoms with E-state index in [2.05, 4.69) is 25.2 Å². The van der Waals surface area contributed by atoms with E-state index in [0.717, 1.165) is 36.1 Å². The van der Waals surface area contributed by atoms with Crippen molar-refractivity contribution in [2.45, 2.75) is 57.5 Å². The lowest BCUT2D eigenvalue weighted by Crippen LogP contribution is -2.39. The Morgan fingerprint density at radius 1 is 1.06 bits per heavy atom. The molecule has 7 nitrogen and oxygen atoms in total. The number of benzene rings is 1. The number of hydrogen-bond acceptors (Lipinski definition) is 5. The van der Waals surface area contributed by atoms with Crippen molar-refractivity contribution in [2.75, 3.05) is 16.8 Å². The molecule has 3 aromatic rings. The zero-order valence-corrected chi connectivity index (χ0v) is 18.4. The Kier molecular flexibility index (Phi) is 6.14. The molecule has 2 saturated carbocycles. The number of amides is 1. The van der Waals surface area contributed by atoms with Gasteiger partial charge in [0.2, 0.25) is 0 Å². The van der Waals surface area contributed by atoms with Crippen molar-refractivity contribution in [3.8, 4) is 0 Å². The SMILES string of the molecule is O=C(Nc1ccc(Cn2ccnc2)cc1)c1cc(N(CC2CC2)C2CCCCC2)ncn1. The van der Waals surface area contributed by atoms with E-state index in [9.17, 15) is 4.79 Å². The fourth-order valence-electron chi connectivity index (χ4n) is 4.51. The molecule has 2 heterocycles. The molecule has 0 radical (unpaired) electrons. The maximum atomic E-state index is 12.9.